The van der Waals surface area contributed by atoms with Crippen molar-refractivity contribution in [2.24, 2.45) is 0 Å². The summed E-state index contributed by atoms with van der Waals surface area (Å²) in [6, 6.07) is 5.02. The largest absolute Gasteiger partial charge is 0.480 e. The van der Waals surface area contributed by atoms with Crippen molar-refractivity contribution in [3.63, 3.8) is 0 Å². The second-order valence-electron chi connectivity index (χ2n) is 3.08. The maximum atomic E-state index is 10.6. The molecule has 0 aliphatic rings. The molecular formula is C9H8ClN3O2. The molecule has 0 spiro atoms. The van der Waals surface area contributed by atoms with E-state index < -0.39 is 5.97 Å². The van der Waals surface area contributed by atoms with Crippen molar-refractivity contribution in [2.45, 2.75) is 6.54 Å². The molecule has 1 aromatic carbocycles. The molecule has 0 atom stereocenters. The average molecular weight is 226 g/mol. The minimum absolute atomic E-state index is 0.176. The van der Waals surface area contributed by atoms with Crippen molar-refractivity contribution in [3.05, 3.63) is 23.2 Å². The molecule has 6 heteroatoms. The summed E-state index contributed by atoms with van der Waals surface area (Å²) >= 11 is 5.81. The van der Waals surface area contributed by atoms with E-state index in [-0.39, 0.29) is 12.5 Å². The molecule has 2 aromatic rings. The van der Waals surface area contributed by atoms with Crippen LogP contribution in [0.15, 0.2) is 18.2 Å². The van der Waals surface area contributed by atoms with E-state index in [0.717, 1.165) is 0 Å². The second kappa shape index (κ2) is 3.43. The lowest BCUT2D eigenvalue weighted by molar-refractivity contribution is -0.137. The van der Waals surface area contributed by atoms with Crippen LogP contribution in [0.2, 0.25) is 5.02 Å². The van der Waals surface area contributed by atoms with Crippen LogP contribution >= 0.6 is 11.6 Å². The molecule has 5 nitrogen and oxygen atoms in total. The maximum Gasteiger partial charge on any atom is 0.323 e. The SMILES string of the molecule is Nc1nc2ccc(Cl)cc2n1CC(=O)O. The van der Waals surface area contributed by atoms with Gasteiger partial charge < -0.3 is 10.8 Å². The van der Waals surface area contributed by atoms with Gasteiger partial charge in [0.1, 0.15) is 6.54 Å². The van der Waals surface area contributed by atoms with Gasteiger partial charge in [-0.05, 0) is 18.2 Å². The molecule has 0 amide bonds. The lowest BCUT2D eigenvalue weighted by atomic mass is 10.3. The summed E-state index contributed by atoms with van der Waals surface area (Å²) in [6.07, 6.45) is 0. The van der Waals surface area contributed by atoms with Crippen molar-refractivity contribution in [1.82, 2.24) is 9.55 Å². The van der Waals surface area contributed by atoms with Gasteiger partial charge in [0.2, 0.25) is 5.95 Å². The number of rotatable bonds is 2. The lowest BCUT2D eigenvalue weighted by Crippen LogP contribution is -2.11. The van der Waals surface area contributed by atoms with E-state index in [9.17, 15) is 4.79 Å². The van der Waals surface area contributed by atoms with E-state index in [4.69, 9.17) is 22.4 Å². The van der Waals surface area contributed by atoms with Crippen molar-refractivity contribution < 1.29 is 9.90 Å². The van der Waals surface area contributed by atoms with Crippen LogP contribution in [-0.4, -0.2) is 20.6 Å². The molecule has 0 fully saturated rings. The Bertz CT molecular complexity index is 535. The molecule has 0 radical (unpaired) electrons. The zero-order valence-corrected chi connectivity index (χ0v) is 8.40. The zero-order chi connectivity index (χ0) is 11.0. The Kier molecular flexibility index (Phi) is 2.24. The normalized spacial score (nSPS) is 10.7. The second-order valence-corrected chi connectivity index (χ2v) is 3.52. The number of carboxylic acids is 1. The predicted molar refractivity (Wildman–Crippen MR) is 56.8 cm³/mol. The van der Waals surface area contributed by atoms with Crippen molar-refractivity contribution in [2.75, 3.05) is 5.73 Å². The number of carbonyl (C=O) groups is 1. The number of halogens is 1. The minimum Gasteiger partial charge on any atom is -0.480 e. The summed E-state index contributed by atoms with van der Waals surface area (Å²) in [4.78, 5) is 14.6. The summed E-state index contributed by atoms with van der Waals surface area (Å²) in [5.74, 6) is -0.796. The summed E-state index contributed by atoms with van der Waals surface area (Å²) in [5, 5.41) is 9.22. The number of hydrogen-bond donors (Lipinski definition) is 2. The number of nitrogens with two attached hydrogens (primary N) is 1. The van der Waals surface area contributed by atoms with Crippen LogP contribution in [0.1, 0.15) is 0 Å². The maximum absolute atomic E-state index is 10.6. The Labute approximate surface area is 90.1 Å². The molecule has 1 heterocycles. The number of benzene rings is 1. The molecule has 0 saturated heterocycles. The number of imidazole rings is 1. The molecule has 3 N–H and O–H groups in total. The van der Waals surface area contributed by atoms with Gasteiger partial charge in [-0.15, -0.1) is 0 Å². The van der Waals surface area contributed by atoms with E-state index in [1.807, 2.05) is 0 Å². The highest BCUT2D eigenvalue weighted by atomic mass is 35.5. The minimum atomic E-state index is -0.971. The molecule has 2 rings (SSSR count). The Balaban J connectivity index is 2.65. The summed E-state index contributed by atoms with van der Waals surface area (Å²) in [5.41, 5.74) is 6.86. The number of carboxylic acid groups (broad SMARTS) is 1. The molecule has 0 aliphatic heterocycles. The first-order valence-corrected chi connectivity index (χ1v) is 4.59. The van der Waals surface area contributed by atoms with Crippen LogP contribution < -0.4 is 5.73 Å². The van der Waals surface area contributed by atoms with E-state index in [1.54, 1.807) is 18.2 Å². The van der Waals surface area contributed by atoms with E-state index in [0.29, 0.717) is 16.1 Å². The van der Waals surface area contributed by atoms with E-state index in [2.05, 4.69) is 4.98 Å². The van der Waals surface area contributed by atoms with Gasteiger partial charge in [0.25, 0.3) is 0 Å². The number of anilines is 1. The number of aliphatic carboxylic acids is 1. The molecular weight excluding hydrogens is 218 g/mol. The van der Waals surface area contributed by atoms with Crippen molar-refractivity contribution >= 4 is 34.6 Å². The Hall–Kier alpha value is -1.75. The standard InChI is InChI=1S/C9H8ClN3O2/c10-5-1-2-6-7(3-5)13(4-8(14)15)9(11)12-6/h1-3H,4H2,(H2,11,12)(H,14,15). The topological polar surface area (TPSA) is 81.1 Å². The molecule has 78 valence electrons. The highest BCUT2D eigenvalue weighted by molar-refractivity contribution is 6.31. The van der Waals surface area contributed by atoms with Gasteiger partial charge in [0.15, 0.2) is 0 Å². The third-order valence-electron chi connectivity index (χ3n) is 2.03. The van der Waals surface area contributed by atoms with Crippen LogP contribution in [0.3, 0.4) is 0 Å². The summed E-state index contributed by atoms with van der Waals surface area (Å²) in [6.45, 7) is -0.220. The quantitative estimate of drug-likeness (QED) is 0.809. The fourth-order valence-electron chi connectivity index (χ4n) is 1.42. The number of aromatic nitrogens is 2. The highest BCUT2D eigenvalue weighted by Gasteiger charge is 2.10. The van der Waals surface area contributed by atoms with E-state index in [1.165, 1.54) is 4.57 Å². The lowest BCUT2D eigenvalue weighted by Gasteiger charge is -2.01. The van der Waals surface area contributed by atoms with Crippen molar-refractivity contribution in [1.29, 1.82) is 0 Å². The van der Waals surface area contributed by atoms with Gasteiger partial charge in [-0.3, -0.25) is 9.36 Å². The van der Waals surface area contributed by atoms with Crippen LogP contribution in [-0.2, 0) is 11.3 Å². The fraction of sp³-hybridized carbons (Fsp3) is 0.111. The van der Waals surface area contributed by atoms with Gasteiger partial charge in [-0.2, -0.15) is 0 Å². The van der Waals surface area contributed by atoms with Crippen LogP contribution in [0.4, 0.5) is 5.95 Å². The highest BCUT2D eigenvalue weighted by Crippen LogP contribution is 2.21. The fourth-order valence-corrected chi connectivity index (χ4v) is 1.58. The Morgan fingerprint density at radius 3 is 3.00 bits per heavy atom. The molecule has 0 unspecified atom stereocenters. The third kappa shape index (κ3) is 1.73. The number of hydrogen-bond acceptors (Lipinski definition) is 3. The zero-order valence-electron chi connectivity index (χ0n) is 7.64. The Morgan fingerprint density at radius 1 is 1.60 bits per heavy atom. The summed E-state index contributed by atoms with van der Waals surface area (Å²) in [7, 11) is 0. The van der Waals surface area contributed by atoms with Gasteiger partial charge in [0.05, 0.1) is 11.0 Å². The molecule has 15 heavy (non-hydrogen) atoms. The number of nitrogen functional groups attached to an aromatic ring is 1. The molecule has 0 saturated carbocycles. The molecule has 0 bridgehead atoms. The summed E-state index contributed by atoms with van der Waals surface area (Å²) < 4.78 is 1.41. The predicted octanol–water partition coefficient (Wildman–Crippen LogP) is 1.36. The first-order chi connectivity index (χ1) is 7.08. The smallest absolute Gasteiger partial charge is 0.323 e. The van der Waals surface area contributed by atoms with Crippen LogP contribution in [0.25, 0.3) is 11.0 Å². The Morgan fingerprint density at radius 2 is 2.33 bits per heavy atom. The first kappa shape index (κ1) is 9.79. The van der Waals surface area contributed by atoms with Crippen LogP contribution in [0, 0.1) is 0 Å². The van der Waals surface area contributed by atoms with Gasteiger partial charge in [0, 0.05) is 5.02 Å². The van der Waals surface area contributed by atoms with Gasteiger partial charge >= 0.3 is 5.97 Å². The van der Waals surface area contributed by atoms with Crippen LogP contribution in [0.5, 0.6) is 0 Å². The number of fused-ring (bicyclic) bond motifs is 1. The third-order valence-corrected chi connectivity index (χ3v) is 2.27. The molecule has 0 aliphatic carbocycles. The van der Waals surface area contributed by atoms with Gasteiger partial charge in [-0.25, -0.2) is 4.98 Å². The average Bonchev–Trinajstić information content (AvgIpc) is 2.43. The van der Waals surface area contributed by atoms with Crippen molar-refractivity contribution in [3.8, 4) is 0 Å². The van der Waals surface area contributed by atoms with Gasteiger partial charge in [-0.1, -0.05) is 11.6 Å². The monoisotopic (exact) mass is 225 g/mol. The first-order valence-electron chi connectivity index (χ1n) is 4.21. The molecule has 1 aromatic heterocycles. The number of nitrogens with zero attached hydrogens (tertiary/aromatic N) is 2. The van der Waals surface area contributed by atoms with E-state index >= 15 is 0 Å².